The Morgan fingerprint density at radius 3 is 2.29 bits per heavy atom. The predicted molar refractivity (Wildman–Crippen MR) is 125 cm³/mol. The number of hydrogen-bond donors (Lipinski definition) is 5. The smallest absolute Gasteiger partial charge is 0.149 e. The van der Waals surface area contributed by atoms with Crippen LogP contribution in [-0.2, 0) is 12.8 Å². The Hall–Kier alpha value is -3.16. The molecule has 164 valence electrons. The largest absolute Gasteiger partial charge is 0.507 e. The Bertz CT molecular complexity index is 1240. The standard InChI is InChI=1S/C24H30N4O3/c1-27(2)10-8-14-13-25-23-20(14)19(30)12-16(24(23)31)22-15(9-11-28(3)4)21-17(26-22)6-5-7-18(21)29/h5-7,12-13,25-26,29-31H,8-11H2,1-4H3. The van der Waals surface area contributed by atoms with Crippen molar-refractivity contribution < 1.29 is 15.3 Å². The van der Waals surface area contributed by atoms with Gasteiger partial charge in [0.15, 0.2) is 0 Å². The third-order valence-electron chi connectivity index (χ3n) is 5.80. The summed E-state index contributed by atoms with van der Waals surface area (Å²) in [5.41, 5.74) is 4.40. The molecule has 4 rings (SSSR count). The molecule has 0 aliphatic carbocycles. The summed E-state index contributed by atoms with van der Waals surface area (Å²) in [6.07, 6.45) is 3.28. The van der Waals surface area contributed by atoms with Crippen LogP contribution >= 0.6 is 0 Å². The number of rotatable bonds is 7. The fourth-order valence-corrected chi connectivity index (χ4v) is 4.20. The lowest BCUT2D eigenvalue weighted by atomic mass is 9.98. The molecule has 2 heterocycles. The van der Waals surface area contributed by atoms with Gasteiger partial charge in [-0.25, -0.2) is 0 Å². The highest BCUT2D eigenvalue weighted by Gasteiger charge is 2.22. The van der Waals surface area contributed by atoms with E-state index < -0.39 is 0 Å². The molecule has 7 heteroatoms. The molecule has 0 unspecified atom stereocenters. The van der Waals surface area contributed by atoms with Crippen LogP contribution < -0.4 is 0 Å². The van der Waals surface area contributed by atoms with E-state index in [0.29, 0.717) is 28.6 Å². The lowest BCUT2D eigenvalue weighted by Gasteiger charge is -2.13. The summed E-state index contributed by atoms with van der Waals surface area (Å²) in [7, 11) is 8.01. The summed E-state index contributed by atoms with van der Waals surface area (Å²) in [5, 5.41) is 34.0. The first kappa shape index (κ1) is 21.1. The first-order chi connectivity index (χ1) is 14.8. The van der Waals surface area contributed by atoms with Gasteiger partial charge >= 0.3 is 0 Å². The lowest BCUT2D eigenvalue weighted by molar-refractivity contribution is 0.414. The average Bonchev–Trinajstić information content (AvgIpc) is 3.30. The van der Waals surface area contributed by atoms with Crippen LogP contribution in [0.4, 0.5) is 0 Å². The number of nitrogens with zero attached hydrogens (tertiary/aromatic N) is 2. The molecule has 0 radical (unpaired) electrons. The molecule has 0 atom stereocenters. The first-order valence-electron chi connectivity index (χ1n) is 10.4. The maximum atomic E-state index is 11.2. The summed E-state index contributed by atoms with van der Waals surface area (Å²) < 4.78 is 0. The second-order valence-corrected chi connectivity index (χ2v) is 8.64. The van der Waals surface area contributed by atoms with Gasteiger partial charge < -0.3 is 35.1 Å². The number of likely N-dealkylation sites (N-methyl/N-ethyl adjacent to an activating group) is 2. The van der Waals surface area contributed by atoms with Gasteiger partial charge in [0.05, 0.1) is 11.2 Å². The van der Waals surface area contributed by atoms with E-state index in [9.17, 15) is 15.3 Å². The number of nitrogens with one attached hydrogen (secondary N) is 2. The molecule has 0 amide bonds. The molecular formula is C24H30N4O3. The van der Waals surface area contributed by atoms with Crippen LogP contribution in [0.3, 0.4) is 0 Å². The van der Waals surface area contributed by atoms with Crippen LogP contribution in [-0.4, -0.2) is 76.4 Å². The third kappa shape index (κ3) is 3.82. The van der Waals surface area contributed by atoms with Gasteiger partial charge in [0, 0.05) is 41.1 Å². The highest BCUT2D eigenvalue weighted by molar-refractivity contribution is 6.02. The lowest BCUT2D eigenvalue weighted by Crippen LogP contribution is -2.15. The van der Waals surface area contributed by atoms with E-state index in [1.807, 2.05) is 40.5 Å². The second kappa shape index (κ2) is 8.17. The highest BCUT2D eigenvalue weighted by atomic mass is 16.3. The van der Waals surface area contributed by atoms with E-state index in [0.717, 1.165) is 41.5 Å². The zero-order valence-corrected chi connectivity index (χ0v) is 18.5. The van der Waals surface area contributed by atoms with Crippen LogP contribution in [0.1, 0.15) is 11.1 Å². The van der Waals surface area contributed by atoms with Crippen molar-refractivity contribution in [2.45, 2.75) is 12.8 Å². The van der Waals surface area contributed by atoms with Crippen molar-refractivity contribution in [1.82, 2.24) is 19.8 Å². The molecule has 7 nitrogen and oxygen atoms in total. The molecule has 5 N–H and O–H groups in total. The van der Waals surface area contributed by atoms with Gasteiger partial charge in [0.2, 0.25) is 0 Å². The topological polar surface area (TPSA) is 98.8 Å². The maximum absolute atomic E-state index is 11.2. The SMILES string of the molecule is CN(C)CCc1c(-c2cc(O)c3c(CCN(C)C)c[nH]c3c2O)[nH]c2cccc(O)c12. The number of H-pyrrole nitrogens is 2. The first-order valence-corrected chi connectivity index (χ1v) is 10.4. The van der Waals surface area contributed by atoms with Gasteiger partial charge in [-0.2, -0.15) is 0 Å². The van der Waals surface area contributed by atoms with Crippen molar-refractivity contribution >= 4 is 21.8 Å². The molecule has 2 aromatic carbocycles. The Balaban J connectivity index is 1.90. The highest BCUT2D eigenvalue weighted by Crippen LogP contribution is 2.45. The molecule has 0 aliphatic rings. The van der Waals surface area contributed by atoms with Crippen LogP contribution in [0.25, 0.3) is 33.1 Å². The quantitative estimate of drug-likeness (QED) is 0.293. The molecule has 31 heavy (non-hydrogen) atoms. The van der Waals surface area contributed by atoms with Crippen molar-refractivity contribution in [3.8, 4) is 28.5 Å². The Morgan fingerprint density at radius 2 is 1.58 bits per heavy atom. The molecule has 0 saturated heterocycles. The van der Waals surface area contributed by atoms with Crippen molar-refractivity contribution in [2.75, 3.05) is 41.3 Å². The monoisotopic (exact) mass is 422 g/mol. The minimum atomic E-state index is 0.0843. The van der Waals surface area contributed by atoms with Crippen molar-refractivity contribution in [2.24, 2.45) is 0 Å². The van der Waals surface area contributed by atoms with Gasteiger partial charge in [-0.15, -0.1) is 0 Å². The number of phenolic OH excluding ortho intramolecular Hbond substituents is 3. The zero-order valence-electron chi connectivity index (χ0n) is 18.5. The molecule has 0 spiro atoms. The number of aromatic amines is 2. The number of fused-ring (bicyclic) bond motifs is 2. The van der Waals surface area contributed by atoms with E-state index in [1.54, 1.807) is 18.2 Å². The van der Waals surface area contributed by atoms with Crippen LogP contribution in [0.15, 0.2) is 30.5 Å². The maximum Gasteiger partial charge on any atom is 0.149 e. The fourth-order valence-electron chi connectivity index (χ4n) is 4.20. The minimum Gasteiger partial charge on any atom is -0.507 e. The number of hydrogen-bond acceptors (Lipinski definition) is 5. The molecular weight excluding hydrogens is 392 g/mol. The number of phenols is 3. The summed E-state index contributed by atoms with van der Waals surface area (Å²) in [6.45, 7) is 1.62. The molecule has 0 aliphatic heterocycles. The third-order valence-corrected chi connectivity index (χ3v) is 5.80. The Morgan fingerprint density at radius 1 is 0.871 bits per heavy atom. The molecule has 0 saturated carbocycles. The predicted octanol–water partition coefficient (Wildman–Crippen LogP) is 3.64. The van der Waals surface area contributed by atoms with Gasteiger partial charge in [0.25, 0.3) is 0 Å². The summed E-state index contributed by atoms with van der Waals surface area (Å²) in [4.78, 5) is 10.7. The van der Waals surface area contributed by atoms with Gasteiger partial charge in [-0.3, -0.25) is 0 Å². The molecule has 4 aromatic rings. The van der Waals surface area contributed by atoms with Crippen LogP contribution in [0.5, 0.6) is 17.2 Å². The average molecular weight is 423 g/mol. The summed E-state index contributed by atoms with van der Waals surface area (Å²) >= 11 is 0. The Kier molecular flexibility index (Phi) is 5.56. The van der Waals surface area contributed by atoms with E-state index in [2.05, 4.69) is 19.8 Å². The fraction of sp³-hybridized carbons (Fsp3) is 0.333. The second-order valence-electron chi connectivity index (χ2n) is 8.64. The van der Waals surface area contributed by atoms with Crippen LogP contribution in [0.2, 0.25) is 0 Å². The van der Waals surface area contributed by atoms with E-state index in [1.165, 1.54) is 0 Å². The van der Waals surface area contributed by atoms with Gasteiger partial charge in [-0.05, 0) is 70.4 Å². The zero-order chi connectivity index (χ0) is 22.3. The molecule has 2 aromatic heterocycles. The van der Waals surface area contributed by atoms with E-state index >= 15 is 0 Å². The number of benzene rings is 2. The normalized spacial score (nSPS) is 12.1. The van der Waals surface area contributed by atoms with Crippen molar-refractivity contribution in [1.29, 1.82) is 0 Å². The van der Waals surface area contributed by atoms with Gasteiger partial charge in [-0.1, -0.05) is 6.07 Å². The van der Waals surface area contributed by atoms with Crippen LogP contribution in [0, 0.1) is 0 Å². The minimum absolute atomic E-state index is 0.0843. The summed E-state index contributed by atoms with van der Waals surface area (Å²) in [6, 6.07) is 6.98. The van der Waals surface area contributed by atoms with Crippen molar-refractivity contribution in [3.05, 3.63) is 41.6 Å². The Labute approximate surface area is 181 Å². The molecule has 0 fully saturated rings. The summed E-state index contributed by atoms with van der Waals surface area (Å²) in [5.74, 6) is 0.407. The number of aromatic hydroxyl groups is 3. The van der Waals surface area contributed by atoms with E-state index in [4.69, 9.17) is 0 Å². The molecule has 0 bridgehead atoms. The van der Waals surface area contributed by atoms with Crippen molar-refractivity contribution in [3.63, 3.8) is 0 Å². The number of aromatic nitrogens is 2. The van der Waals surface area contributed by atoms with Gasteiger partial charge in [0.1, 0.15) is 17.2 Å². The van der Waals surface area contributed by atoms with E-state index in [-0.39, 0.29) is 17.2 Å².